The molecule has 0 spiro atoms. The number of nitrogens with zero attached hydrogens (tertiary/aromatic N) is 2. The molecule has 0 saturated carbocycles. The minimum Gasteiger partial charge on any atom is -0.366 e. The number of hydrogen-bond donors (Lipinski definition) is 2. The van der Waals surface area contributed by atoms with Crippen LogP contribution in [-0.2, 0) is 6.42 Å². The number of para-hydroxylation sites is 1. The Kier molecular flexibility index (Phi) is 4.83. The fraction of sp³-hybridized carbons (Fsp3) is 0.278. The predicted molar refractivity (Wildman–Crippen MR) is 97.1 cm³/mol. The summed E-state index contributed by atoms with van der Waals surface area (Å²) < 4.78 is 0. The van der Waals surface area contributed by atoms with Gasteiger partial charge in [0.15, 0.2) is 0 Å². The first-order chi connectivity index (χ1) is 12.0. The number of benzene rings is 2. The van der Waals surface area contributed by atoms with Gasteiger partial charge in [-0.2, -0.15) is 0 Å². The van der Waals surface area contributed by atoms with Crippen LogP contribution in [0.5, 0.6) is 0 Å². The molecule has 1 aliphatic heterocycles. The zero-order valence-corrected chi connectivity index (χ0v) is 13.9. The van der Waals surface area contributed by atoms with Gasteiger partial charge in [-0.05, 0) is 37.1 Å². The summed E-state index contributed by atoms with van der Waals surface area (Å²) in [6.07, 6.45) is 1.02. The number of urea groups is 1. The minimum absolute atomic E-state index is 0.00715. The molecule has 0 aliphatic carbocycles. The molecule has 0 fully saturated rings. The summed E-state index contributed by atoms with van der Waals surface area (Å²) >= 11 is 0. The van der Waals surface area contributed by atoms with Gasteiger partial charge in [-0.15, -0.1) is 0 Å². The molecule has 3 rings (SSSR count). The van der Waals surface area contributed by atoms with Crippen molar-refractivity contribution < 1.29 is 9.72 Å². The molecular weight excluding hydrogens is 320 g/mol. The normalized spacial score (nSPS) is 13.9. The third kappa shape index (κ3) is 3.88. The van der Waals surface area contributed by atoms with E-state index in [0.29, 0.717) is 12.2 Å². The van der Waals surface area contributed by atoms with E-state index >= 15 is 0 Å². The molecule has 7 heteroatoms. The number of carbonyl (C=O) groups is 1. The molecule has 0 aromatic heterocycles. The Labute approximate surface area is 145 Å². The molecule has 25 heavy (non-hydrogen) atoms. The van der Waals surface area contributed by atoms with Crippen LogP contribution in [0.2, 0.25) is 0 Å². The first-order valence-electron chi connectivity index (χ1n) is 8.18. The highest BCUT2D eigenvalue weighted by molar-refractivity contribution is 5.89. The number of hydrogen-bond acceptors (Lipinski definition) is 4. The molecular formula is C18H20N4O3. The van der Waals surface area contributed by atoms with Crippen molar-refractivity contribution in [3.8, 4) is 0 Å². The lowest BCUT2D eigenvalue weighted by molar-refractivity contribution is -0.384. The second-order valence-corrected chi connectivity index (χ2v) is 6.06. The summed E-state index contributed by atoms with van der Waals surface area (Å²) in [7, 11) is 0. The highest BCUT2D eigenvalue weighted by atomic mass is 16.6. The second kappa shape index (κ2) is 7.21. The molecule has 7 nitrogen and oxygen atoms in total. The first kappa shape index (κ1) is 16.8. The van der Waals surface area contributed by atoms with E-state index in [1.807, 2.05) is 12.1 Å². The molecule has 1 atom stereocenters. The van der Waals surface area contributed by atoms with Crippen molar-refractivity contribution in [3.05, 3.63) is 64.2 Å². The van der Waals surface area contributed by atoms with Crippen LogP contribution in [0.1, 0.15) is 12.5 Å². The summed E-state index contributed by atoms with van der Waals surface area (Å²) in [6, 6.07) is 13.9. The number of carbonyl (C=O) groups excluding carboxylic acids is 1. The maximum Gasteiger partial charge on any atom is 0.319 e. The van der Waals surface area contributed by atoms with Gasteiger partial charge in [0.1, 0.15) is 0 Å². The van der Waals surface area contributed by atoms with Crippen molar-refractivity contribution >= 4 is 23.1 Å². The largest absolute Gasteiger partial charge is 0.366 e. The van der Waals surface area contributed by atoms with Crippen molar-refractivity contribution in [2.45, 2.75) is 19.4 Å². The number of amides is 2. The van der Waals surface area contributed by atoms with E-state index in [0.717, 1.165) is 13.0 Å². The topological polar surface area (TPSA) is 87.5 Å². The lowest BCUT2D eigenvalue weighted by Crippen LogP contribution is -2.42. The summed E-state index contributed by atoms with van der Waals surface area (Å²) in [5, 5.41) is 16.2. The Hall–Kier alpha value is -3.09. The van der Waals surface area contributed by atoms with E-state index in [-0.39, 0.29) is 17.8 Å². The van der Waals surface area contributed by atoms with E-state index in [2.05, 4.69) is 34.6 Å². The average molecular weight is 340 g/mol. The van der Waals surface area contributed by atoms with Gasteiger partial charge in [-0.3, -0.25) is 10.1 Å². The van der Waals surface area contributed by atoms with Gasteiger partial charge in [-0.1, -0.05) is 18.2 Å². The van der Waals surface area contributed by atoms with E-state index in [1.54, 1.807) is 0 Å². The van der Waals surface area contributed by atoms with Crippen LogP contribution in [0.25, 0.3) is 0 Å². The van der Waals surface area contributed by atoms with Crippen LogP contribution in [0.3, 0.4) is 0 Å². The Morgan fingerprint density at radius 1 is 1.24 bits per heavy atom. The number of fused-ring (bicyclic) bond motifs is 1. The number of rotatable bonds is 5. The van der Waals surface area contributed by atoms with Crippen LogP contribution in [-0.4, -0.2) is 30.1 Å². The van der Waals surface area contributed by atoms with E-state index < -0.39 is 4.92 Å². The quantitative estimate of drug-likeness (QED) is 0.646. The van der Waals surface area contributed by atoms with E-state index in [9.17, 15) is 14.9 Å². The lowest BCUT2D eigenvalue weighted by atomic mass is 10.2. The maximum atomic E-state index is 12.0. The Morgan fingerprint density at radius 3 is 2.68 bits per heavy atom. The molecule has 0 bridgehead atoms. The molecule has 2 aromatic carbocycles. The number of nitro benzene ring substituents is 1. The maximum absolute atomic E-state index is 12.0. The standard InChI is InChI=1S/C18H20N4O3/c1-13(21-11-10-14-4-2-3-5-17(14)21)12-19-18(23)20-15-6-8-16(9-7-15)22(24)25/h2-9,13H,10-12H2,1H3,(H2,19,20,23)/t13-/m1/s1. The SMILES string of the molecule is C[C@H](CNC(=O)Nc1ccc([N+](=O)[O-])cc1)N1CCc2ccccc21. The van der Waals surface area contributed by atoms with Crippen LogP contribution in [0.15, 0.2) is 48.5 Å². The van der Waals surface area contributed by atoms with Crippen molar-refractivity contribution in [2.24, 2.45) is 0 Å². The molecule has 2 aromatic rings. The number of non-ortho nitro benzene ring substituents is 1. The van der Waals surface area contributed by atoms with Crippen molar-refractivity contribution in [1.82, 2.24) is 5.32 Å². The molecule has 0 radical (unpaired) electrons. The zero-order valence-electron chi connectivity index (χ0n) is 13.9. The smallest absolute Gasteiger partial charge is 0.319 e. The summed E-state index contributed by atoms with van der Waals surface area (Å²) in [4.78, 5) is 24.5. The fourth-order valence-electron chi connectivity index (χ4n) is 3.01. The van der Waals surface area contributed by atoms with Crippen LogP contribution in [0, 0.1) is 10.1 Å². The molecule has 2 N–H and O–H groups in total. The van der Waals surface area contributed by atoms with Gasteiger partial charge in [0, 0.05) is 42.6 Å². The summed E-state index contributed by atoms with van der Waals surface area (Å²) in [5.41, 5.74) is 3.08. The van der Waals surface area contributed by atoms with Crippen molar-refractivity contribution in [1.29, 1.82) is 0 Å². The lowest BCUT2D eigenvalue weighted by Gasteiger charge is -2.27. The summed E-state index contributed by atoms with van der Waals surface area (Å²) in [6.45, 7) is 3.54. The molecule has 1 aliphatic rings. The molecule has 1 heterocycles. The summed E-state index contributed by atoms with van der Waals surface area (Å²) in [5.74, 6) is 0. The Balaban J connectivity index is 1.51. The minimum atomic E-state index is -0.473. The molecule has 2 amide bonds. The first-order valence-corrected chi connectivity index (χ1v) is 8.18. The highest BCUT2D eigenvalue weighted by Crippen LogP contribution is 2.28. The molecule has 0 unspecified atom stereocenters. The van der Waals surface area contributed by atoms with Crippen LogP contribution in [0.4, 0.5) is 21.9 Å². The van der Waals surface area contributed by atoms with Gasteiger partial charge < -0.3 is 15.5 Å². The average Bonchev–Trinajstić information content (AvgIpc) is 3.04. The number of nitro groups is 1. The van der Waals surface area contributed by atoms with Gasteiger partial charge in [0.25, 0.3) is 5.69 Å². The fourth-order valence-corrected chi connectivity index (χ4v) is 3.01. The third-order valence-electron chi connectivity index (χ3n) is 4.35. The van der Waals surface area contributed by atoms with Crippen LogP contribution < -0.4 is 15.5 Å². The Morgan fingerprint density at radius 2 is 1.96 bits per heavy atom. The molecule has 130 valence electrons. The monoisotopic (exact) mass is 340 g/mol. The third-order valence-corrected chi connectivity index (χ3v) is 4.35. The van der Waals surface area contributed by atoms with Gasteiger partial charge in [0.2, 0.25) is 0 Å². The van der Waals surface area contributed by atoms with E-state index in [4.69, 9.17) is 0 Å². The highest BCUT2D eigenvalue weighted by Gasteiger charge is 2.23. The van der Waals surface area contributed by atoms with Crippen molar-refractivity contribution in [3.63, 3.8) is 0 Å². The zero-order chi connectivity index (χ0) is 17.8. The number of nitrogens with one attached hydrogen (secondary N) is 2. The van der Waals surface area contributed by atoms with Gasteiger partial charge in [0.05, 0.1) is 4.92 Å². The predicted octanol–water partition coefficient (Wildman–Crippen LogP) is 3.17. The second-order valence-electron chi connectivity index (χ2n) is 6.06. The Bertz CT molecular complexity index is 776. The van der Waals surface area contributed by atoms with E-state index in [1.165, 1.54) is 35.5 Å². The van der Waals surface area contributed by atoms with Crippen molar-refractivity contribution in [2.75, 3.05) is 23.3 Å². The molecule has 0 saturated heterocycles. The van der Waals surface area contributed by atoms with Gasteiger partial charge >= 0.3 is 6.03 Å². The van der Waals surface area contributed by atoms with Gasteiger partial charge in [-0.25, -0.2) is 4.79 Å². The number of anilines is 2. The van der Waals surface area contributed by atoms with Crippen LogP contribution >= 0.6 is 0 Å².